The molecule has 0 spiro atoms. The van der Waals surface area contributed by atoms with Gasteiger partial charge in [0.2, 0.25) is 0 Å². The van der Waals surface area contributed by atoms with Crippen LogP contribution < -0.4 is 5.73 Å². The molecule has 0 aromatic carbocycles. The summed E-state index contributed by atoms with van der Waals surface area (Å²) in [6.07, 6.45) is 8.95. The molecule has 2 N–H and O–H groups in total. The van der Waals surface area contributed by atoms with Gasteiger partial charge in [0.15, 0.2) is 0 Å². The highest BCUT2D eigenvalue weighted by molar-refractivity contribution is 5.89. The molecule has 98 valence electrons. The number of carbonyl (C=O) groups excluding carboxylic acids is 1. The van der Waals surface area contributed by atoms with Crippen LogP contribution in [0.4, 0.5) is 5.82 Å². The van der Waals surface area contributed by atoms with E-state index in [2.05, 4.69) is 4.98 Å². The Bertz CT molecular complexity index is 381. The molecule has 0 unspecified atom stereocenters. The molecule has 1 saturated carbocycles. The van der Waals surface area contributed by atoms with Crippen LogP contribution in [0.15, 0.2) is 18.3 Å². The number of hydrogen-bond donors (Lipinski definition) is 1. The Kier molecular flexibility index (Phi) is 4.56. The Balaban J connectivity index is 1.82. The van der Waals surface area contributed by atoms with Gasteiger partial charge in [0.1, 0.15) is 5.82 Å². The second kappa shape index (κ2) is 6.38. The average molecular weight is 248 g/mol. The van der Waals surface area contributed by atoms with Crippen molar-refractivity contribution < 1.29 is 9.53 Å². The minimum atomic E-state index is -0.299. The number of rotatable bonds is 3. The summed E-state index contributed by atoms with van der Waals surface area (Å²) in [5, 5.41) is 0. The normalized spacial score (nSPS) is 17.1. The zero-order valence-corrected chi connectivity index (χ0v) is 10.6. The van der Waals surface area contributed by atoms with Gasteiger partial charge in [0, 0.05) is 6.20 Å². The lowest BCUT2D eigenvalue weighted by Gasteiger charge is -2.13. The fourth-order valence-electron chi connectivity index (χ4n) is 2.33. The van der Waals surface area contributed by atoms with Gasteiger partial charge in [-0.15, -0.1) is 0 Å². The van der Waals surface area contributed by atoms with Crippen molar-refractivity contribution in [2.24, 2.45) is 5.92 Å². The molecule has 0 bridgehead atoms. The lowest BCUT2D eigenvalue weighted by atomic mass is 10.0. The Morgan fingerprint density at radius 2 is 2.00 bits per heavy atom. The minimum Gasteiger partial charge on any atom is -0.462 e. The zero-order chi connectivity index (χ0) is 12.8. The molecule has 1 aromatic heterocycles. The van der Waals surface area contributed by atoms with E-state index in [9.17, 15) is 4.79 Å². The highest BCUT2D eigenvalue weighted by Gasteiger charge is 2.15. The molecule has 0 saturated heterocycles. The van der Waals surface area contributed by atoms with Crippen LogP contribution in [0.5, 0.6) is 0 Å². The smallest absolute Gasteiger partial charge is 0.339 e. The van der Waals surface area contributed by atoms with Gasteiger partial charge in [0.25, 0.3) is 0 Å². The predicted octanol–water partition coefficient (Wildman–Crippen LogP) is 2.79. The van der Waals surface area contributed by atoms with Gasteiger partial charge in [-0.25, -0.2) is 9.78 Å². The Morgan fingerprint density at radius 1 is 1.28 bits per heavy atom. The number of ether oxygens (including phenoxy) is 1. The van der Waals surface area contributed by atoms with Gasteiger partial charge in [-0.1, -0.05) is 25.7 Å². The molecular weight excluding hydrogens is 228 g/mol. The number of hydrogen-bond acceptors (Lipinski definition) is 4. The summed E-state index contributed by atoms with van der Waals surface area (Å²) < 4.78 is 5.34. The summed E-state index contributed by atoms with van der Waals surface area (Å²) in [7, 11) is 0. The maximum atomic E-state index is 11.8. The number of carbonyl (C=O) groups is 1. The first kappa shape index (κ1) is 12.9. The van der Waals surface area contributed by atoms with Crippen LogP contribution in [-0.2, 0) is 4.74 Å². The Morgan fingerprint density at radius 3 is 2.61 bits per heavy atom. The van der Waals surface area contributed by atoms with Gasteiger partial charge in [0.05, 0.1) is 12.2 Å². The first-order valence-electron chi connectivity index (χ1n) is 6.64. The van der Waals surface area contributed by atoms with Gasteiger partial charge in [-0.05, 0) is 30.9 Å². The minimum absolute atomic E-state index is 0.299. The summed E-state index contributed by atoms with van der Waals surface area (Å²) >= 11 is 0. The molecule has 1 aliphatic rings. The molecule has 1 aromatic rings. The Labute approximate surface area is 108 Å². The summed E-state index contributed by atoms with van der Waals surface area (Å²) in [5.41, 5.74) is 5.94. The SMILES string of the molecule is Nc1ccc(C(=O)OCC2CCCCCC2)cn1. The van der Waals surface area contributed by atoms with E-state index >= 15 is 0 Å². The van der Waals surface area contributed by atoms with Crippen LogP contribution in [0.3, 0.4) is 0 Å². The fourth-order valence-corrected chi connectivity index (χ4v) is 2.33. The number of nitrogen functional groups attached to an aromatic ring is 1. The van der Waals surface area contributed by atoms with E-state index in [0.29, 0.717) is 23.9 Å². The van der Waals surface area contributed by atoms with Crippen molar-refractivity contribution in [2.75, 3.05) is 12.3 Å². The van der Waals surface area contributed by atoms with Crippen molar-refractivity contribution in [3.63, 3.8) is 0 Å². The maximum Gasteiger partial charge on any atom is 0.339 e. The third-order valence-electron chi connectivity index (χ3n) is 3.45. The summed E-state index contributed by atoms with van der Waals surface area (Å²) in [4.78, 5) is 15.7. The van der Waals surface area contributed by atoms with Gasteiger partial charge in [-0.3, -0.25) is 0 Å². The number of nitrogens with two attached hydrogens (primary N) is 1. The molecule has 2 rings (SSSR count). The number of esters is 1. The third kappa shape index (κ3) is 3.72. The first-order chi connectivity index (χ1) is 8.75. The number of anilines is 1. The van der Waals surface area contributed by atoms with Crippen LogP contribution in [0.2, 0.25) is 0 Å². The number of nitrogens with zero attached hydrogens (tertiary/aromatic N) is 1. The van der Waals surface area contributed by atoms with Crippen molar-refractivity contribution in [3.8, 4) is 0 Å². The van der Waals surface area contributed by atoms with Crippen LogP contribution >= 0.6 is 0 Å². The van der Waals surface area contributed by atoms with Crippen molar-refractivity contribution >= 4 is 11.8 Å². The molecule has 0 amide bonds. The lowest BCUT2D eigenvalue weighted by Crippen LogP contribution is -2.14. The molecule has 1 heterocycles. The largest absolute Gasteiger partial charge is 0.462 e. The van der Waals surface area contributed by atoms with E-state index in [0.717, 1.165) is 0 Å². The van der Waals surface area contributed by atoms with Crippen LogP contribution in [0.25, 0.3) is 0 Å². The molecule has 0 radical (unpaired) electrons. The van der Waals surface area contributed by atoms with Gasteiger partial charge < -0.3 is 10.5 Å². The number of aromatic nitrogens is 1. The van der Waals surface area contributed by atoms with E-state index in [1.165, 1.54) is 44.7 Å². The molecule has 18 heavy (non-hydrogen) atoms. The van der Waals surface area contributed by atoms with Crippen LogP contribution in [0, 0.1) is 5.92 Å². The number of pyridine rings is 1. The molecule has 0 aliphatic heterocycles. The zero-order valence-electron chi connectivity index (χ0n) is 10.6. The molecule has 1 aliphatic carbocycles. The maximum absolute atomic E-state index is 11.8. The fraction of sp³-hybridized carbons (Fsp3) is 0.571. The van der Waals surface area contributed by atoms with Gasteiger partial charge >= 0.3 is 5.97 Å². The topological polar surface area (TPSA) is 65.2 Å². The summed E-state index contributed by atoms with van der Waals surface area (Å²) in [5.74, 6) is 0.639. The van der Waals surface area contributed by atoms with E-state index in [-0.39, 0.29) is 5.97 Å². The molecule has 0 atom stereocenters. The van der Waals surface area contributed by atoms with Crippen molar-refractivity contribution in [2.45, 2.75) is 38.5 Å². The summed E-state index contributed by atoms with van der Waals surface area (Å²) in [6.45, 7) is 0.531. The van der Waals surface area contributed by atoms with Crippen LogP contribution in [-0.4, -0.2) is 17.6 Å². The highest BCUT2D eigenvalue weighted by atomic mass is 16.5. The lowest BCUT2D eigenvalue weighted by molar-refractivity contribution is 0.0427. The van der Waals surface area contributed by atoms with Gasteiger partial charge in [-0.2, -0.15) is 0 Å². The van der Waals surface area contributed by atoms with Crippen molar-refractivity contribution in [3.05, 3.63) is 23.9 Å². The Hall–Kier alpha value is -1.58. The molecule has 4 heteroatoms. The van der Waals surface area contributed by atoms with E-state index in [1.807, 2.05) is 0 Å². The van der Waals surface area contributed by atoms with E-state index < -0.39 is 0 Å². The average Bonchev–Trinajstić information content (AvgIpc) is 2.65. The first-order valence-corrected chi connectivity index (χ1v) is 6.64. The quantitative estimate of drug-likeness (QED) is 0.660. The molecular formula is C14H20N2O2. The highest BCUT2D eigenvalue weighted by Crippen LogP contribution is 2.23. The summed E-state index contributed by atoms with van der Waals surface area (Å²) in [6, 6.07) is 3.26. The second-order valence-corrected chi connectivity index (χ2v) is 4.93. The predicted molar refractivity (Wildman–Crippen MR) is 70.1 cm³/mol. The standard InChI is InChI=1S/C14H20N2O2/c15-13-8-7-12(9-16-13)14(17)18-10-11-5-3-1-2-4-6-11/h7-9,11H,1-6,10H2,(H2,15,16). The molecule has 4 nitrogen and oxygen atoms in total. The van der Waals surface area contributed by atoms with Crippen molar-refractivity contribution in [1.82, 2.24) is 4.98 Å². The molecule has 1 fully saturated rings. The third-order valence-corrected chi connectivity index (χ3v) is 3.45. The van der Waals surface area contributed by atoms with Crippen molar-refractivity contribution in [1.29, 1.82) is 0 Å². The van der Waals surface area contributed by atoms with Crippen LogP contribution in [0.1, 0.15) is 48.9 Å². The monoisotopic (exact) mass is 248 g/mol. The van der Waals surface area contributed by atoms with E-state index in [1.54, 1.807) is 12.1 Å². The second-order valence-electron chi connectivity index (χ2n) is 4.93. The van der Waals surface area contributed by atoms with E-state index in [4.69, 9.17) is 10.5 Å².